The van der Waals surface area contributed by atoms with Gasteiger partial charge in [0.05, 0.1) is 6.04 Å². The van der Waals surface area contributed by atoms with Gasteiger partial charge in [0.2, 0.25) is 5.91 Å². The molecule has 0 bridgehead atoms. The summed E-state index contributed by atoms with van der Waals surface area (Å²) in [5.74, 6) is -0.169. The molecule has 0 saturated carbocycles. The molecule has 1 N–H and O–H groups in total. The van der Waals surface area contributed by atoms with Gasteiger partial charge in [0, 0.05) is 11.1 Å². The first-order chi connectivity index (χ1) is 12.2. The Labute approximate surface area is 152 Å². The molecule has 2 nitrogen and oxygen atoms in total. The molecule has 0 aliphatic carbocycles. The van der Waals surface area contributed by atoms with Crippen LogP contribution in [-0.4, -0.2) is 5.91 Å². The van der Waals surface area contributed by atoms with E-state index < -0.39 is 0 Å². The van der Waals surface area contributed by atoms with Crippen molar-refractivity contribution in [3.63, 3.8) is 0 Å². The van der Waals surface area contributed by atoms with E-state index in [1.54, 1.807) is 12.1 Å². The smallest absolute Gasteiger partial charge is 0.244 e. The topological polar surface area (TPSA) is 29.1 Å². The lowest BCUT2D eigenvalue weighted by atomic mass is 9.98. The van der Waals surface area contributed by atoms with Gasteiger partial charge in [-0.1, -0.05) is 90.5 Å². The summed E-state index contributed by atoms with van der Waals surface area (Å²) in [5, 5.41) is 3.69. The van der Waals surface area contributed by atoms with Crippen LogP contribution in [0.5, 0.6) is 0 Å². The molecule has 0 unspecified atom stereocenters. The summed E-state index contributed by atoms with van der Waals surface area (Å²) in [6.07, 6.45) is 3.24. The molecule has 3 heteroatoms. The summed E-state index contributed by atoms with van der Waals surface area (Å²) >= 11 is 6.12. The van der Waals surface area contributed by atoms with Crippen LogP contribution < -0.4 is 5.32 Å². The van der Waals surface area contributed by atoms with E-state index in [-0.39, 0.29) is 11.9 Å². The number of carbonyl (C=O) groups excluding carboxylic acids is 1. The van der Waals surface area contributed by atoms with Crippen LogP contribution in [0.2, 0.25) is 5.02 Å². The van der Waals surface area contributed by atoms with E-state index >= 15 is 0 Å². The molecule has 3 aromatic carbocycles. The van der Waals surface area contributed by atoms with Crippen LogP contribution >= 0.6 is 11.6 Å². The van der Waals surface area contributed by atoms with E-state index in [9.17, 15) is 4.79 Å². The zero-order chi connectivity index (χ0) is 17.5. The third kappa shape index (κ3) is 4.59. The minimum atomic E-state index is -0.203. The van der Waals surface area contributed by atoms with Gasteiger partial charge in [0.1, 0.15) is 0 Å². The van der Waals surface area contributed by atoms with Crippen molar-refractivity contribution in [1.82, 2.24) is 5.32 Å². The Bertz CT molecular complexity index is 820. The first kappa shape index (κ1) is 17.0. The summed E-state index contributed by atoms with van der Waals surface area (Å²) in [5.41, 5.74) is 2.89. The van der Waals surface area contributed by atoms with Gasteiger partial charge in [-0.25, -0.2) is 0 Å². The largest absolute Gasteiger partial charge is 0.342 e. The van der Waals surface area contributed by atoms with Gasteiger partial charge >= 0.3 is 0 Å². The van der Waals surface area contributed by atoms with E-state index in [1.807, 2.05) is 78.9 Å². The number of benzene rings is 3. The van der Waals surface area contributed by atoms with E-state index in [0.717, 1.165) is 16.7 Å². The highest BCUT2D eigenvalue weighted by atomic mass is 35.5. The molecular weight excluding hydrogens is 330 g/mol. The quantitative estimate of drug-likeness (QED) is 0.627. The summed E-state index contributed by atoms with van der Waals surface area (Å²) < 4.78 is 0. The molecule has 1 amide bonds. The second-order valence-electron chi connectivity index (χ2n) is 5.62. The zero-order valence-electron chi connectivity index (χ0n) is 13.6. The molecule has 0 aliphatic rings. The van der Waals surface area contributed by atoms with Gasteiger partial charge < -0.3 is 5.32 Å². The van der Waals surface area contributed by atoms with Crippen LogP contribution in [0.25, 0.3) is 6.08 Å². The van der Waals surface area contributed by atoms with Crippen molar-refractivity contribution in [1.29, 1.82) is 0 Å². The maximum atomic E-state index is 12.4. The standard InChI is InChI=1S/C22H18ClNO/c23-20-14-8-7-9-17(20)15-16-21(25)24-22(18-10-3-1-4-11-18)19-12-5-2-6-13-19/h1-16,22H,(H,24,25). The van der Waals surface area contributed by atoms with E-state index in [2.05, 4.69) is 5.32 Å². The third-order valence-electron chi connectivity index (χ3n) is 3.87. The Morgan fingerprint density at radius 3 is 1.88 bits per heavy atom. The van der Waals surface area contributed by atoms with Crippen LogP contribution in [0.15, 0.2) is 91.0 Å². The van der Waals surface area contributed by atoms with Crippen molar-refractivity contribution in [3.8, 4) is 0 Å². The maximum absolute atomic E-state index is 12.4. The highest BCUT2D eigenvalue weighted by Crippen LogP contribution is 2.22. The van der Waals surface area contributed by atoms with Crippen molar-refractivity contribution in [2.24, 2.45) is 0 Å². The number of amides is 1. The SMILES string of the molecule is O=C(C=Cc1ccccc1Cl)NC(c1ccccc1)c1ccccc1. The lowest BCUT2D eigenvalue weighted by Gasteiger charge is -2.19. The number of carbonyl (C=O) groups is 1. The minimum absolute atomic E-state index is 0.169. The van der Waals surface area contributed by atoms with Crippen molar-refractivity contribution < 1.29 is 4.79 Å². The Balaban J connectivity index is 1.81. The molecule has 3 aromatic rings. The van der Waals surface area contributed by atoms with Crippen LogP contribution in [0.3, 0.4) is 0 Å². The molecule has 25 heavy (non-hydrogen) atoms. The van der Waals surface area contributed by atoms with Crippen molar-refractivity contribution >= 4 is 23.6 Å². The molecule has 3 rings (SSSR count). The Morgan fingerprint density at radius 1 is 0.800 bits per heavy atom. The van der Waals surface area contributed by atoms with E-state index in [0.29, 0.717) is 5.02 Å². The number of nitrogens with one attached hydrogen (secondary N) is 1. The lowest BCUT2D eigenvalue weighted by molar-refractivity contribution is -0.116. The predicted molar refractivity (Wildman–Crippen MR) is 103 cm³/mol. The second-order valence-corrected chi connectivity index (χ2v) is 6.03. The molecular formula is C22H18ClNO. The first-order valence-corrected chi connectivity index (χ1v) is 8.45. The van der Waals surface area contributed by atoms with Gasteiger partial charge in [-0.05, 0) is 28.8 Å². The summed E-state index contributed by atoms with van der Waals surface area (Å²) in [7, 11) is 0. The second kappa shape index (κ2) is 8.32. The van der Waals surface area contributed by atoms with E-state index in [4.69, 9.17) is 11.6 Å². The number of hydrogen-bond donors (Lipinski definition) is 1. The van der Waals surface area contributed by atoms with Gasteiger partial charge in [-0.2, -0.15) is 0 Å². The maximum Gasteiger partial charge on any atom is 0.244 e. The molecule has 0 radical (unpaired) electrons. The summed E-state index contributed by atoms with van der Waals surface area (Å²) in [6.45, 7) is 0. The van der Waals surface area contributed by atoms with Crippen molar-refractivity contribution in [3.05, 3.63) is 113 Å². The predicted octanol–water partition coefficient (Wildman–Crippen LogP) is 5.26. The van der Waals surface area contributed by atoms with Crippen LogP contribution in [0, 0.1) is 0 Å². The molecule has 0 saturated heterocycles. The molecule has 0 aromatic heterocycles. The Hall–Kier alpha value is -2.84. The molecule has 0 fully saturated rings. The molecule has 0 atom stereocenters. The fourth-order valence-electron chi connectivity index (χ4n) is 2.62. The van der Waals surface area contributed by atoms with Crippen LogP contribution in [-0.2, 0) is 4.79 Å². The van der Waals surface area contributed by atoms with Crippen LogP contribution in [0.1, 0.15) is 22.7 Å². The number of hydrogen-bond acceptors (Lipinski definition) is 1. The fraction of sp³-hybridized carbons (Fsp3) is 0.0455. The minimum Gasteiger partial charge on any atom is -0.342 e. The van der Waals surface area contributed by atoms with Gasteiger partial charge in [-0.15, -0.1) is 0 Å². The van der Waals surface area contributed by atoms with Gasteiger partial charge in [0.25, 0.3) is 0 Å². The monoisotopic (exact) mass is 347 g/mol. The fourth-order valence-corrected chi connectivity index (χ4v) is 2.81. The molecule has 124 valence electrons. The lowest BCUT2D eigenvalue weighted by Crippen LogP contribution is -2.27. The van der Waals surface area contributed by atoms with Crippen LogP contribution in [0.4, 0.5) is 0 Å². The summed E-state index contributed by atoms with van der Waals surface area (Å²) in [6, 6.07) is 27.1. The summed E-state index contributed by atoms with van der Waals surface area (Å²) in [4.78, 5) is 12.4. The molecule has 0 spiro atoms. The molecule has 0 heterocycles. The van der Waals surface area contributed by atoms with Gasteiger partial charge in [0.15, 0.2) is 0 Å². The average Bonchev–Trinajstić information content (AvgIpc) is 2.67. The van der Waals surface area contributed by atoms with Crippen molar-refractivity contribution in [2.45, 2.75) is 6.04 Å². The zero-order valence-corrected chi connectivity index (χ0v) is 14.4. The number of rotatable bonds is 5. The van der Waals surface area contributed by atoms with Gasteiger partial charge in [-0.3, -0.25) is 4.79 Å². The normalized spacial score (nSPS) is 11.0. The number of halogens is 1. The molecule has 0 aliphatic heterocycles. The Morgan fingerprint density at radius 2 is 1.32 bits per heavy atom. The highest BCUT2D eigenvalue weighted by molar-refractivity contribution is 6.32. The van der Waals surface area contributed by atoms with Crippen molar-refractivity contribution in [2.75, 3.05) is 0 Å². The highest BCUT2D eigenvalue weighted by Gasteiger charge is 2.15. The average molecular weight is 348 g/mol. The van der Waals surface area contributed by atoms with E-state index in [1.165, 1.54) is 6.08 Å². The first-order valence-electron chi connectivity index (χ1n) is 8.07. The third-order valence-corrected chi connectivity index (χ3v) is 4.22. The Kier molecular flexibility index (Phi) is 5.65.